The lowest BCUT2D eigenvalue weighted by Gasteiger charge is -2.39. The molecular weight excluding hydrogens is 585 g/mol. The number of hydrogen-bond acceptors (Lipinski definition) is 3. The second kappa shape index (κ2) is 10.4. The molecule has 1 spiro atoms. The predicted octanol–water partition coefficient (Wildman–Crippen LogP) is 10.4. The fourth-order valence-corrected chi connectivity index (χ4v) is 8.15. The first-order valence-corrected chi connectivity index (χ1v) is 16.5. The van der Waals surface area contributed by atoms with Crippen LogP contribution in [0.25, 0.3) is 27.6 Å². The number of nitrogens with one attached hydrogen (secondary N) is 1. The Morgan fingerprint density at radius 2 is 1.17 bits per heavy atom. The highest BCUT2D eigenvalue weighted by Crippen LogP contribution is 2.62. The highest BCUT2D eigenvalue weighted by atomic mass is 16.5. The third kappa shape index (κ3) is 3.85. The molecule has 1 N–H and O–H groups in total. The minimum absolute atomic E-state index is 0.0728. The van der Waals surface area contributed by atoms with Gasteiger partial charge in [0.05, 0.1) is 17.2 Å². The van der Waals surface area contributed by atoms with Crippen molar-refractivity contribution in [2.75, 3.05) is 0 Å². The molecule has 0 unspecified atom stereocenters. The minimum Gasteiger partial charge on any atom is -0.457 e. The van der Waals surface area contributed by atoms with Crippen LogP contribution in [0.4, 0.5) is 0 Å². The number of hydrogen-bond donors (Lipinski definition) is 1. The summed E-state index contributed by atoms with van der Waals surface area (Å²) in [5.74, 6) is 2.59. The molecule has 226 valence electrons. The van der Waals surface area contributed by atoms with Crippen LogP contribution in [0.5, 0.6) is 11.5 Å². The van der Waals surface area contributed by atoms with Gasteiger partial charge in [-0.25, -0.2) is 4.99 Å². The lowest BCUT2D eigenvalue weighted by molar-refractivity contribution is 0.436. The standard InChI is InChI=1S/C45H30N2O/c1-2-14-30(15-3-1)44-46-40(28-41(47-44)35-20-12-16-29-13-4-5-17-32(29)35)31-25-26-39-43(27-31)48-42-24-11-10-23-38(42)45(39)36-21-8-6-18-33(36)34-19-7-9-22-37(34)45/h1-28,41H,(H,46,47)/t41-/m1/s1. The summed E-state index contributed by atoms with van der Waals surface area (Å²) in [5.41, 5.74) is 11.2. The van der Waals surface area contributed by atoms with Crippen molar-refractivity contribution < 1.29 is 4.74 Å². The molecule has 0 amide bonds. The van der Waals surface area contributed by atoms with Crippen LogP contribution in [0.15, 0.2) is 175 Å². The molecule has 0 radical (unpaired) electrons. The van der Waals surface area contributed by atoms with E-state index >= 15 is 0 Å². The van der Waals surface area contributed by atoms with Crippen molar-refractivity contribution in [1.82, 2.24) is 5.32 Å². The maximum absolute atomic E-state index is 6.82. The quantitative estimate of drug-likeness (QED) is 0.215. The van der Waals surface area contributed by atoms with Crippen molar-refractivity contribution in [2.45, 2.75) is 11.5 Å². The van der Waals surface area contributed by atoms with Crippen LogP contribution in [0.2, 0.25) is 0 Å². The molecule has 2 heterocycles. The van der Waals surface area contributed by atoms with Gasteiger partial charge >= 0.3 is 0 Å². The van der Waals surface area contributed by atoms with Crippen LogP contribution in [0.3, 0.4) is 0 Å². The van der Waals surface area contributed by atoms with Gasteiger partial charge in [-0.15, -0.1) is 0 Å². The number of amidine groups is 1. The molecule has 3 aliphatic rings. The zero-order valence-electron chi connectivity index (χ0n) is 26.1. The first-order chi connectivity index (χ1) is 23.8. The third-order valence-corrected chi connectivity index (χ3v) is 10.2. The van der Waals surface area contributed by atoms with Gasteiger partial charge in [0, 0.05) is 22.3 Å². The maximum atomic E-state index is 6.82. The van der Waals surface area contributed by atoms with Crippen molar-refractivity contribution in [3.63, 3.8) is 0 Å². The number of nitrogens with zero attached hydrogens (tertiary/aromatic N) is 1. The molecule has 10 rings (SSSR count). The lowest BCUT2D eigenvalue weighted by Crippen LogP contribution is -2.32. The van der Waals surface area contributed by atoms with Gasteiger partial charge in [0.1, 0.15) is 17.3 Å². The van der Waals surface area contributed by atoms with E-state index < -0.39 is 5.41 Å². The zero-order valence-corrected chi connectivity index (χ0v) is 26.1. The van der Waals surface area contributed by atoms with E-state index in [1.807, 2.05) is 6.07 Å². The zero-order chi connectivity index (χ0) is 31.7. The van der Waals surface area contributed by atoms with E-state index in [-0.39, 0.29) is 6.04 Å². The van der Waals surface area contributed by atoms with Crippen molar-refractivity contribution in [3.05, 3.63) is 209 Å². The Morgan fingerprint density at radius 1 is 0.521 bits per heavy atom. The number of para-hydroxylation sites is 1. The van der Waals surface area contributed by atoms with Gasteiger partial charge in [0.2, 0.25) is 0 Å². The van der Waals surface area contributed by atoms with Gasteiger partial charge in [0.15, 0.2) is 0 Å². The molecular formula is C45H30N2O. The van der Waals surface area contributed by atoms with E-state index in [0.717, 1.165) is 39.7 Å². The first kappa shape index (κ1) is 27.0. The Morgan fingerprint density at radius 3 is 1.98 bits per heavy atom. The highest BCUT2D eigenvalue weighted by Gasteiger charge is 2.50. The fourth-order valence-electron chi connectivity index (χ4n) is 8.15. The van der Waals surface area contributed by atoms with Crippen molar-refractivity contribution >= 4 is 22.3 Å². The molecule has 0 aromatic heterocycles. The average molecular weight is 615 g/mol. The van der Waals surface area contributed by atoms with Crippen LogP contribution in [0, 0.1) is 0 Å². The highest BCUT2D eigenvalue weighted by molar-refractivity contribution is 6.04. The van der Waals surface area contributed by atoms with Crippen LogP contribution < -0.4 is 10.1 Å². The first-order valence-electron chi connectivity index (χ1n) is 16.5. The van der Waals surface area contributed by atoms with Gasteiger partial charge in [-0.3, -0.25) is 0 Å². The Bertz CT molecular complexity index is 2420. The van der Waals surface area contributed by atoms with Gasteiger partial charge in [-0.2, -0.15) is 0 Å². The maximum Gasteiger partial charge on any atom is 0.134 e. The fraction of sp³-hybridized carbons (Fsp3) is 0.0444. The summed E-state index contributed by atoms with van der Waals surface area (Å²) in [6, 6.07) is 58.3. The van der Waals surface area contributed by atoms with E-state index in [2.05, 4.69) is 169 Å². The largest absolute Gasteiger partial charge is 0.457 e. The molecule has 3 nitrogen and oxygen atoms in total. The van der Waals surface area contributed by atoms with Gasteiger partial charge in [0.25, 0.3) is 0 Å². The van der Waals surface area contributed by atoms with Crippen LogP contribution >= 0.6 is 0 Å². The Balaban J connectivity index is 1.18. The van der Waals surface area contributed by atoms with E-state index in [1.165, 1.54) is 44.2 Å². The summed E-state index contributed by atoms with van der Waals surface area (Å²) in [6.45, 7) is 0. The number of rotatable bonds is 3. The van der Waals surface area contributed by atoms with E-state index in [9.17, 15) is 0 Å². The number of fused-ring (bicyclic) bond motifs is 10. The van der Waals surface area contributed by atoms with Crippen molar-refractivity contribution in [3.8, 4) is 22.6 Å². The number of benzene rings is 7. The molecule has 0 saturated carbocycles. The normalized spacial score (nSPS) is 16.5. The van der Waals surface area contributed by atoms with E-state index in [0.29, 0.717) is 0 Å². The summed E-state index contributed by atoms with van der Waals surface area (Å²) in [7, 11) is 0. The summed E-state index contributed by atoms with van der Waals surface area (Å²) in [4.78, 5) is 5.24. The SMILES string of the molecule is C1=C(c2ccc3c(c2)Oc2ccccc2C32c3ccccc3-c3ccccc32)N=C(c2ccccc2)N[C@H]1c1cccc2ccccc12. The lowest BCUT2D eigenvalue weighted by atomic mass is 9.66. The molecule has 7 aromatic rings. The third-order valence-electron chi connectivity index (χ3n) is 10.2. The minimum atomic E-state index is -0.484. The summed E-state index contributed by atoms with van der Waals surface area (Å²) in [6.07, 6.45) is 2.25. The molecule has 7 aromatic carbocycles. The second-order valence-electron chi connectivity index (χ2n) is 12.7. The second-order valence-corrected chi connectivity index (χ2v) is 12.7. The summed E-state index contributed by atoms with van der Waals surface area (Å²) < 4.78 is 6.82. The molecule has 48 heavy (non-hydrogen) atoms. The monoisotopic (exact) mass is 614 g/mol. The number of ether oxygens (including phenoxy) is 1. The molecule has 1 aliphatic carbocycles. The summed E-state index contributed by atoms with van der Waals surface area (Å²) in [5, 5.41) is 6.21. The van der Waals surface area contributed by atoms with Crippen molar-refractivity contribution in [2.24, 2.45) is 4.99 Å². The topological polar surface area (TPSA) is 33.6 Å². The molecule has 0 saturated heterocycles. The summed E-state index contributed by atoms with van der Waals surface area (Å²) >= 11 is 0. The Kier molecular flexibility index (Phi) is 5.85. The van der Waals surface area contributed by atoms with Gasteiger partial charge < -0.3 is 10.1 Å². The number of aliphatic imine (C=N–C) groups is 1. The van der Waals surface area contributed by atoms with Gasteiger partial charge in [-0.1, -0.05) is 152 Å². The molecule has 0 bridgehead atoms. The van der Waals surface area contributed by atoms with Crippen LogP contribution in [-0.4, -0.2) is 5.84 Å². The molecule has 2 aliphatic heterocycles. The van der Waals surface area contributed by atoms with E-state index in [4.69, 9.17) is 9.73 Å². The van der Waals surface area contributed by atoms with Crippen LogP contribution in [-0.2, 0) is 5.41 Å². The molecule has 0 fully saturated rings. The predicted molar refractivity (Wildman–Crippen MR) is 195 cm³/mol. The smallest absolute Gasteiger partial charge is 0.134 e. The van der Waals surface area contributed by atoms with E-state index in [1.54, 1.807) is 0 Å². The van der Waals surface area contributed by atoms with Crippen LogP contribution in [0.1, 0.15) is 45.0 Å². The Labute approximate surface area is 279 Å². The molecule has 3 heteroatoms. The van der Waals surface area contributed by atoms with Gasteiger partial charge in [-0.05, 0) is 56.8 Å². The Hall–Kier alpha value is -6.19. The average Bonchev–Trinajstić information content (AvgIpc) is 3.45. The van der Waals surface area contributed by atoms with Crippen molar-refractivity contribution in [1.29, 1.82) is 0 Å². The molecule has 1 atom stereocenters.